The Morgan fingerprint density at radius 3 is 2.83 bits per heavy atom. The summed E-state index contributed by atoms with van der Waals surface area (Å²) in [6.07, 6.45) is 1.46. The van der Waals surface area contributed by atoms with Crippen molar-refractivity contribution < 1.29 is 9.90 Å². The third kappa shape index (κ3) is 2.24. The van der Waals surface area contributed by atoms with E-state index in [4.69, 9.17) is 5.11 Å². The van der Waals surface area contributed by atoms with Crippen molar-refractivity contribution in [2.75, 3.05) is 11.9 Å². The second-order valence-electron chi connectivity index (χ2n) is 3.96. The molecule has 0 bridgehead atoms. The van der Waals surface area contributed by atoms with E-state index in [1.807, 2.05) is 18.2 Å². The Hall–Kier alpha value is -1.44. The van der Waals surface area contributed by atoms with Crippen molar-refractivity contribution in [1.82, 2.24) is 9.97 Å². The van der Waals surface area contributed by atoms with Gasteiger partial charge in [0.05, 0.1) is 10.9 Å². The summed E-state index contributed by atoms with van der Waals surface area (Å²) in [5, 5.41) is 9.95. The van der Waals surface area contributed by atoms with E-state index in [1.54, 1.807) is 18.9 Å². The fourth-order valence-corrected chi connectivity index (χ4v) is 2.39. The van der Waals surface area contributed by atoms with Crippen LogP contribution in [0.15, 0.2) is 24.5 Å². The molecule has 0 radical (unpaired) electrons. The molecule has 94 valence electrons. The van der Waals surface area contributed by atoms with Crippen LogP contribution in [-0.2, 0) is 4.79 Å². The minimum atomic E-state index is -0.879. The lowest BCUT2D eigenvalue weighted by Gasteiger charge is -2.23. The Kier molecular flexibility index (Phi) is 3.65. The molecule has 2 rings (SSSR count). The Morgan fingerprint density at radius 2 is 2.17 bits per heavy atom. The van der Waals surface area contributed by atoms with Crippen LogP contribution in [-0.4, -0.2) is 34.1 Å². The summed E-state index contributed by atoms with van der Waals surface area (Å²) in [7, 11) is 1.73. The Bertz CT molecular complexity index is 598. The fraction of sp³-hybridized carbons (Fsp3) is 0.250. The number of aromatic nitrogens is 2. The highest BCUT2D eigenvalue weighted by atomic mass is 127. The third-order valence-corrected chi connectivity index (χ3v) is 3.76. The van der Waals surface area contributed by atoms with Crippen molar-refractivity contribution in [3.8, 4) is 0 Å². The molecule has 1 atom stereocenters. The third-order valence-electron chi connectivity index (χ3n) is 2.86. The number of carboxylic acid groups (broad SMARTS) is 1. The average Bonchev–Trinajstić information content (AvgIpc) is 2.36. The van der Waals surface area contributed by atoms with Crippen molar-refractivity contribution >= 4 is 45.3 Å². The number of benzene rings is 1. The number of hydrogen-bond acceptors (Lipinski definition) is 4. The standard InChI is InChI=1S/C12H12IN3O2/c1-7(12(17)18)16(2)11-10-8(13)4-3-5-9(10)14-6-15-11/h3-7H,1-2H3,(H,17,18). The zero-order chi connectivity index (χ0) is 13.3. The number of halogens is 1. The average molecular weight is 357 g/mol. The first-order chi connectivity index (χ1) is 8.52. The minimum Gasteiger partial charge on any atom is -0.480 e. The van der Waals surface area contributed by atoms with Gasteiger partial charge in [0.2, 0.25) is 0 Å². The van der Waals surface area contributed by atoms with E-state index in [0.717, 1.165) is 14.5 Å². The number of carboxylic acids is 1. The topological polar surface area (TPSA) is 66.3 Å². The van der Waals surface area contributed by atoms with Gasteiger partial charge < -0.3 is 10.0 Å². The van der Waals surface area contributed by atoms with Crippen LogP contribution in [0.4, 0.5) is 5.82 Å². The van der Waals surface area contributed by atoms with Crippen LogP contribution in [0, 0.1) is 3.57 Å². The van der Waals surface area contributed by atoms with Crippen LogP contribution in [0.25, 0.3) is 10.9 Å². The molecule has 0 spiro atoms. The van der Waals surface area contributed by atoms with Crippen molar-refractivity contribution in [2.24, 2.45) is 0 Å². The Morgan fingerprint density at radius 1 is 1.44 bits per heavy atom. The monoisotopic (exact) mass is 357 g/mol. The molecule has 1 aromatic carbocycles. The molecule has 1 aromatic heterocycles. The van der Waals surface area contributed by atoms with Crippen molar-refractivity contribution in [3.63, 3.8) is 0 Å². The molecule has 1 N–H and O–H groups in total. The van der Waals surface area contributed by atoms with E-state index >= 15 is 0 Å². The molecular weight excluding hydrogens is 345 g/mol. The number of nitrogens with zero attached hydrogens (tertiary/aromatic N) is 3. The second kappa shape index (κ2) is 5.05. The maximum absolute atomic E-state index is 11.0. The molecular formula is C12H12IN3O2. The molecule has 2 aromatic rings. The van der Waals surface area contributed by atoms with Gasteiger partial charge in [-0.3, -0.25) is 0 Å². The summed E-state index contributed by atoms with van der Waals surface area (Å²) in [5.41, 5.74) is 0.816. The largest absolute Gasteiger partial charge is 0.480 e. The summed E-state index contributed by atoms with van der Waals surface area (Å²) >= 11 is 2.20. The van der Waals surface area contributed by atoms with Gasteiger partial charge in [0.1, 0.15) is 18.2 Å². The molecule has 6 heteroatoms. The van der Waals surface area contributed by atoms with E-state index in [0.29, 0.717) is 5.82 Å². The summed E-state index contributed by atoms with van der Waals surface area (Å²) in [4.78, 5) is 21.1. The van der Waals surface area contributed by atoms with Crippen LogP contribution in [0.3, 0.4) is 0 Å². The van der Waals surface area contributed by atoms with E-state index in [9.17, 15) is 4.79 Å². The SMILES string of the molecule is CC(C(=O)O)N(C)c1ncnc2cccc(I)c12. The summed E-state index contributed by atoms with van der Waals surface area (Å²) in [6, 6.07) is 5.12. The van der Waals surface area contributed by atoms with Crippen LogP contribution >= 0.6 is 22.6 Å². The van der Waals surface area contributed by atoms with Gasteiger partial charge in [-0.15, -0.1) is 0 Å². The van der Waals surface area contributed by atoms with Crippen LogP contribution in [0.2, 0.25) is 0 Å². The minimum absolute atomic E-state index is 0.639. The highest BCUT2D eigenvalue weighted by Gasteiger charge is 2.20. The number of likely N-dealkylation sites (N-methyl/N-ethyl adjacent to an activating group) is 1. The lowest BCUT2D eigenvalue weighted by molar-refractivity contribution is -0.138. The first-order valence-corrected chi connectivity index (χ1v) is 6.45. The lowest BCUT2D eigenvalue weighted by atomic mass is 10.2. The molecule has 18 heavy (non-hydrogen) atoms. The molecule has 1 unspecified atom stereocenters. The number of rotatable bonds is 3. The van der Waals surface area contributed by atoms with Gasteiger partial charge in [-0.25, -0.2) is 14.8 Å². The van der Waals surface area contributed by atoms with E-state index < -0.39 is 12.0 Å². The number of anilines is 1. The van der Waals surface area contributed by atoms with Gasteiger partial charge in [0.15, 0.2) is 0 Å². The molecule has 0 saturated heterocycles. The van der Waals surface area contributed by atoms with Gasteiger partial charge in [0.25, 0.3) is 0 Å². The quantitative estimate of drug-likeness (QED) is 0.853. The molecule has 1 heterocycles. The summed E-state index contributed by atoms with van der Waals surface area (Å²) in [5.74, 6) is -0.241. The number of carbonyl (C=O) groups is 1. The number of fused-ring (bicyclic) bond motifs is 1. The van der Waals surface area contributed by atoms with Gasteiger partial charge >= 0.3 is 5.97 Å². The van der Waals surface area contributed by atoms with Crippen LogP contribution in [0.5, 0.6) is 0 Å². The predicted octanol–water partition coefficient (Wildman–Crippen LogP) is 2.14. The van der Waals surface area contributed by atoms with Gasteiger partial charge in [-0.1, -0.05) is 6.07 Å². The predicted molar refractivity (Wildman–Crippen MR) is 77.8 cm³/mol. The molecule has 5 nitrogen and oxygen atoms in total. The number of hydrogen-bond donors (Lipinski definition) is 1. The van der Waals surface area contributed by atoms with Crippen LogP contribution < -0.4 is 4.90 Å². The first-order valence-electron chi connectivity index (χ1n) is 5.37. The maximum Gasteiger partial charge on any atom is 0.326 e. The van der Waals surface area contributed by atoms with Gasteiger partial charge in [-0.2, -0.15) is 0 Å². The highest BCUT2D eigenvalue weighted by molar-refractivity contribution is 14.1. The Labute approximate surface area is 118 Å². The van der Waals surface area contributed by atoms with Gasteiger partial charge in [0, 0.05) is 10.6 Å². The van der Waals surface area contributed by atoms with E-state index in [2.05, 4.69) is 32.6 Å². The summed E-state index contributed by atoms with van der Waals surface area (Å²) < 4.78 is 1.00. The Balaban J connectivity index is 2.61. The van der Waals surface area contributed by atoms with Crippen molar-refractivity contribution in [2.45, 2.75) is 13.0 Å². The highest BCUT2D eigenvalue weighted by Crippen LogP contribution is 2.27. The summed E-state index contributed by atoms with van der Waals surface area (Å²) in [6.45, 7) is 1.63. The molecule has 0 aliphatic heterocycles. The molecule has 0 aliphatic carbocycles. The smallest absolute Gasteiger partial charge is 0.326 e. The zero-order valence-corrected chi connectivity index (χ0v) is 12.1. The molecule has 0 amide bonds. The second-order valence-corrected chi connectivity index (χ2v) is 5.12. The van der Waals surface area contributed by atoms with Gasteiger partial charge in [-0.05, 0) is 41.6 Å². The zero-order valence-electron chi connectivity index (χ0n) is 9.96. The van der Waals surface area contributed by atoms with Crippen molar-refractivity contribution in [1.29, 1.82) is 0 Å². The van der Waals surface area contributed by atoms with Crippen molar-refractivity contribution in [3.05, 3.63) is 28.1 Å². The molecule has 0 aliphatic rings. The maximum atomic E-state index is 11.0. The van der Waals surface area contributed by atoms with E-state index in [-0.39, 0.29) is 0 Å². The number of aliphatic carboxylic acids is 1. The normalized spacial score (nSPS) is 12.4. The van der Waals surface area contributed by atoms with E-state index in [1.165, 1.54) is 6.33 Å². The lowest BCUT2D eigenvalue weighted by Crippen LogP contribution is -2.36. The fourth-order valence-electron chi connectivity index (χ4n) is 1.67. The first kappa shape index (κ1) is 13.0. The molecule has 0 saturated carbocycles. The molecule has 0 fully saturated rings. The van der Waals surface area contributed by atoms with Crippen LogP contribution in [0.1, 0.15) is 6.92 Å².